The molecule has 1 aromatic carbocycles. The number of hydrogen-bond donors (Lipinski definition) is 0. The van der Waals surface area contributed by atoms with Crippen LogP contribution in [0.2, 0.25) is 0 Å². The van der Waals surface area contributed by atoms with E-state index in [0.29, 0.717) is 12.0 Å². The van der Waals surface area contributed by atoms with Crippen LogP contribution in [-0.2, 0) is 6.42 Å². The predicted molar refractivity (Wildman–Crippen MR) is 63.5 cm³/mol. The summed E-state index contributed by atoms with van der Waals surface area (Å²) in [5.41, 5.74) is 0.598. The van der Waals surface area contributed by atoms with E-state index in [2.05, 4.69) is 0 Å². The maximum absolute atomic E-state index is 12.8. The van der Waals surface area contributed by atoms with E-state index < -0.39 is 6.43 Å². The smallest absolute Gasteiger partial charge is 0.264 e. The van der Waals surface area contributed by atoms with Crippen molar-refractivity contribution in [2.24, 2.45) is 0 Å². The van der Waals surface area contributed by atoms with Gasteiger partial charge in [-0.3, -0.25) is 4.79 Å². The summed E-state index contributed by atoms with van der Waals surface area (Å²) in [6.07, 6.45) is -2.08. The molecule has 0 unspecified atom stereocenters. The van der Waals surface area contributed by atoms with Crippen molar-refractivity contribution in [1.82, 2.24) is 0 Å². The molecule has 0 saturated heterocycles. The molecular formula is C11H11F2IO. The van der Waals surface area contributed by atoms with Gasteiger partial charge in [-0.1, -0.05) is 6.92 Å². The highest BCUT2D eigenvalue weighted by Gasteiger charge is 2.20. The molecule has 1 rings (SSSR count). The largest absolute Gasteiger partial charge is 0.294 e. The number of alkyl halides is 2. The molecule has 0 bridgehead atoms. The van der Waals surface area contributed by atoms with Crippen LogP contribution in [0.3, 0.4) is 0 Å². The zero-order valence-corrected chi connectivity index (χ0v) is 10.6. The molecule has 0 heterocycles. The molecule has 0 atom stereocenters. The zero-order chi connectivity index (χ0) is 11.6. The monoisotopic (exact) mass is 324 g/mol. The number of carbonyl (C=O) groups excluding carboxylic acids is 1. The molecule has 0 aromatic heterocycles. The van der Waals surface area contributed by atoms with Crippen LogP contribution >= 0.6 is 22.6 Å². The van der Waals surface area contributed by atoms with Gasteiger partial charge in [-0.05, 0) is 53.6 Å². The van der Waals surface area contributed by atoms with Gasteiger partial charge in [-0.15, -0.1) is 0 Å². The standard InChI is InChI=1S/C11H11F2IO/c1-3-7-4-8(14)5-9(6(2)15)10(7)11(12)13/h4-5,11H,3H2,1-2H3. The Balaban J connectivity index is 3.47. The van der Waals surface area contributed by atoms with Gasteiger partial charge in [-0.25, -0.2) is 8.78 Å². The summed E-state index contributed by atoms with van der Waals surface area (Å²) in [5.74, 6) is -0.307. The molecule has 0 fully saturated rings. The normalized spacial score (nSPS) is 10.8. The Hall–Kier alpha value is -0.520. The summed E-state index contributed by atoms with van der Waals surface area (Å²) in [6.45, 7) is 3.12. The lowest BCUT2D eigenvalue weighted by Gasteiger charge is -2.12. The summed E-state index contributed by atoms with van der Waals surface area (Å²) in [4.78, 5) is 11.3. The van der Waals surface area contributed by atoms with Crippen molar-refractivity contribution in [3.05, 3.63) is 32.4 Å². The van der Waals surface area contributed by atoms with E-state index in [9.17, 15) is 13.6 Å². The van der Waals surface area contributed by atoms with Crippen LogP contribution in [0.5, 0.6) is 0 Å². The molecular weight excluding hydrogens is 313 g/mol. The number of hydrogen-bond acceptors (Lipinski definition) is 1. The van der Waals surface area contributed by atoms with Crippen LogP contribution in [0.1, 0.15) is 41.8 Å². The molecule has 15 heavy (non-hydrogen) atoms. The number of carbonyl (C=O) groups is 1. The predicted octanol–water partition coefficient (Wildman–Crippen LogP) is 3.99. The molecule has 82 valence electrons. The molecule has 1 nitrogen and oxygen atoms in total. The van der Waals surface area contributed by atoms with Gasteiger partial charge in [0.2, 0.25) is 0 Å². The summed E-state index contributed by atoms with van der Waals surface area (Å²) < 4.78 is 26.4. The first-order valence-electron chi connectivity index (χ1n) is 4.58. The van der Waals surface area contributed by atoms with Crippen LogP contribution in [0.25, 0.3) is 0 Å². The summed E-state index contributed by atoms with van der Waals surface area (Å²) in [5, 5.41) is 0. The molecule has 4 heteroatoms. The van der Waals surface area contributed by atoms with Crippen molar-refractivity contribution in [3.63, 3.8) is 0 Å². The fourth-order valence-corrected chi connectivity index (χ4v) is 2.20. The van der Waals surface area contributed by atoms with Crippen molar-refractivity contribution in [1.29, 1.82) is 0 Å². The minimum absolute atomic E-state index is 0.106. The van der Waals surface area contributed by atoms with Gasteiger partial charge in [0.15, 0.2) is 5.78 Å². The van der Waals surface area contributed by atoms with Crippen molar-refractivity contribution < 1.29 is 13.6 Å². The highest BCUT2D eigenvalue weighted by Crippen LogP contribution is 2.29. The highest BCUT2D eigenvalue weighted by atomic mass is 127. The van der Waals surface area contributed by atoms with E-state index in [1.807, 2.05) is 22.6 Å². The number of rotatable bonds is 3. The van der Waals surface area contributed by atoms with E-state index in [-0.39, 0.29) is 16.9 Å². The van der Waals surface area contributed by atoms with E-state index in [1.165, 1.54) is 13.0 Å². The second-order valence-corrected chi connectivity index (χ2v) is 4.48. The third-order valence-electron chi connectivity index (χ3n) is 2.21. The lowest BCUT2D eigenvalue weighted by molar-refractivity contribution is 0.0998. The number of aryl methyl sites for hydroxylation is 1. The Kier molecular flexibility index (Phi) is 4.19. The molecule has 0 N–H and O–H groups in total. The highest BCUT2D eigenvalue weighted by molar-refractivity contribution is 14.1. The topological polar surface area (TPSA) is 17.1 Å². The first-order valence-corrected chi connectivity index (χ1v) is 5.66. The van der Waals surface area contributed by atoms with E-state index in [0.717, 1.165) is 3.57 Å². The zero-order valence-electron chi connectivity index (χ0n) is 8.48. The van der Waals surface area contributed by atoms with Gasteiger partial charge in [0, 0.05) is 14.7 Å². The second-order valence-electron chi connectivity index (χ2n) is 3.24. The van der Waals surface area contributed by atoms with Crippen molar-refractivity contribution in [2.45, 2.75) is 26.7 Å². The van der Waals surface area contributed by atoms with Gasteiger partial charge >= 0.3 is 0 Å². The molecule has 0 spiro atoms. The van der Waals surface area contributed by atoms with E-state index in [1.54, 1.807) is 13.0 Å². The Morgan fingerprint density at radius 1 is 1.47 bits per heavy atom. The average molecular weight is 324 g/mol. The molecule has 0 saturated carbocycles. The number of ketones is 1. The van der Waals surface area contributed by atoms with Crippen molar-refractivity contribution in [2.75, 3.05) is 0 Å². The lowest BCUT2D eigenvalue weighted by atomic mass is 9.97. The number of benzene rings is 1. The Labute approximate surface area is 101 Å². The first-order chi connectivity index (χ1) is 6.97. The molecule has 0 radical (unpaired) electrons. The quantitative estimate of drug-likeness (QED) is 0.607. The molecule has 0 aliphatic carbocycles. The SMILES string of the molecule is CCc1cc(I)cc(C(C)=O)c1C(F)F. The van der Waals surface area contributed by atoms with Gasteiger partial charge in [0.05, 0.1) is 0 Å². The van der Waals surface area contributed by atoms with Gasteiger partial charge in [0.1, 0.15) is 0 Å². The summed E-state index contributed by atoms with van der Waals surface area (Å²) >= 11 is 2.03. The Morgan fingerprint density at radius 2 is 2.07 bits per heavy atom. The molecule has 0 aliphatic heterocycles. The molecule has 0 amide bonds. The molecule has 1 aromatic rings. The van der Waals surface area contributed by atoms with Crippen molar-refractivity contribution >= 4 is 28.4 Å². The number of halogens is 3. The lowest BCUT2D eigenvalue weighted by Crippen LogP contribution is -2.05. The Bertz CT molecular complexity index is 388. The fourth-order valence-electron chi connectivity index (χ4n) is 1.52. The van der Waals surface area contributed by atoms with E-state index in [4.69, 9.17) is 0 Å². The maximum atomic E-state index is 12.8. The summed E-state index contributed by atoms with van der Waals surface area (Å²) in [7, 11) is 0. The van der Waals surface area contributed by atoms with Crippen molar-refractivity contribution in [3.8, 4) is 0 Å². The van der Waals surface area contributed by atoms with Crippen LogP contribution in [0, 0.1) is 3.57 Å². The molecule has 0 aliphatic rings. The van der Waals surface area contributed by atoms with Gasteiger partial charge in [0.25, 0.3) is 6.43 Å². The van der Waals surface area contributed by atoms with Crippen LogP contribution in [0.15, 0.2) is 12.1 Å². The van der Waals surface area contributed by atoms with Gasteiger partial charge in [-0.2, -0.15) is 0 Å². The number of Topliss-reactive ketones (excluding diaryl/α,β-unsaturated/α-hetero) is 1. The third kappa shape index (κ3) is 2.74. The summed E-state index contributed by atoms with van der Waals surface area (Å²) in [6, 6.07) is 3.22. The fraction of sp³-hybridized carbons (Fsp3) is 0.364. The second kappa shape index (κ2) is 5.01. The van der Waals surface area contributed by atoms with Crippen LogP contribution in [-0.4, -0.2) is 5.78 Å². The maximum Gasteiger partial charge on any atom is 0.264 e. The average Bonchev–Trinajstić information content (AvgIpc) is 2.15. The van der Waals surface area contributed by atoms with E-state index >= 15 is 0 Å². The van der Waals surface area contributed by atoms with Gasteiger partial charge < -0.3 is 0 Å². The minimum atomic E-state index is -2.59. The Morgan fingerprint density at radius 3 is 2.47 bits per heavy atom. The third-order valence-corrected chi connectivity index (χ3v) is 2.83. The minimum Gasteiger partial charge on any atom is -0.294 e. The van der Waals surface area contributed by atoms with Crippen LogP contribution < -0.4 is 0 Å². The first kappa shape index (κ1) is 12.5. The van der Waals surface area contributed by atoms with Crippen LogP contribution in [0.4, 0.5) is 8.78 Å².